The van der Waals surface area contributed by atoms with Gasteiger partial charge in [-0.25, -0.2) is 0 Å². The number of rotatable bonds is 0. The second-order valence-electron chi connectivity index (χ2n) is 4.64. The summed E-state index contributed by atoms with van der Waals surface area (Å²) in [6, 6.07) is 1.08. The van der Waals surface area contributed by atoms with Crippen LogP contribution >= 0.6 is 0 Å². The quantitative estimate of drug-likeness (QED) is 0.626. The van der Waals surface area contributed by atoms with Crippen molar-refractivity contribution < 1.29 is 0 Å². The van der Waals surface area contributed by atoms with Crippen LogP contribution < -0.4 is 10.6 Å². The van der Waals surface area contributed by atoms with E-state index in [1.807, 2.05) is 0 Å². The number of allylic oxidation sites excluding steroid dienone is 3. The van der Waals surface area contributed by atoms with E-state index in [-0.39, 0.29) is 0 Å². The van der Waals surface area contributed by atoms with Crippen LogP contribution in [0.2, 0.25) is 0 Å². The summed E-state index contributed by atoms with van der Waals surface area (Å²) in [5.41, 5.74) is 4.58. The minimum Gasteiger partial charge on any atom is -0.380 e. The highest BCUT2D eigenvalue weighted by atomic mass is 15.1. The Hall–Kier alpha value is -1.02. The average molecular weight is 202 g/mol. The molecule has 0 spiro atoms. The van der Waals surface area contributed by atoms with Crippen molar-refractivity contribution in [1.82, 2.24) is 10.6 Å². The number of hydrogen-bond donors (Lipinski definition) is 2. The predicted molar refractivity (Wildman–Crippen MR) is 62.5 cm³/mol. The summed E-state index contributed by atoms with van der Waals surface area (Å²) in [6.45, 7) is 3.37. The number of fused-ring (bicyclic) bond motifs is 2. The lowest BCUT2D eigenvalue weighted by atomic mass is 9.94. The topological polar surface area (TPSA) is 24.1 Å². The van der Waals surface area contributed by atoms with E-state index in [1.54, 1.807) is 11.1 Å². The van der Waals surface area contributed by atoms with Crippen LogP contribution in [0, 0.1) is 0 Å². The standard InChI is InChI=1S/C13H18N2/c1-9-13-11(7-8-14-9)10-5-3-2-4-6-12(10)15-13/h2-3,5,9,12,14-15H,4,6-8H2,1H3. The van der Waals surface area contributed by atoms with Crippen LogP contribution in [0.4, 0.5) is 0 Å². The molecular formula is C13H18N2. The molecule has 0 saturated carbocycles. The molecule has 0 aromatic rings. The molecule has 1 aliphatic carbocycles. The van der Waals surface area contributed by atoms with E-state index < -0.39 is 0 Å². The maximum Gasteiger partial charge on any atom is 0.0517 e. The first-order chi connectivity index (χ1) is 7.36. The summed E-state index contributed by atoms with van der Waals surface area (Å²) < 4.78 is 0. The molecule has 2 unspecified atom stereocenters. The molecule has 2 aliphatic heterocycles. The molecule has 3 aliphatic rings. The van der Waals surface area contributed by atoms with Gasteiger partial charge >= 0.3 is 0 Å². The van der Waals surface area contributed by atoms with Crippen LogP contribution in [0.5, 0.6) is 0 Å². The van der Waals surface area contributed by atoms with Gasteiger partial charge in [-0.3, -0.25) is 0 Å². The van der Waals surface area contributed by atoms with Gasteiger partial charge in [0.1, 0.15) is 0 Å². The molecule has 2 heteroatoms. The Morgan fingerprint density at radius 3 is 3.27 bits per heavy atom. The third-order valence-corrected chi connectivity index (χ3v) is 3.67. The first-order valence-electron chi connectivity index (χ1n) is 5.96. The van der Waals surface area contributed by atoms with Crippen LogP contribution in [0.25, 0.3) is 0 Å². The van der Waals surface area contributed by atoms with Crippen molar-refractivity contribution in [2.24, 2.45) is 0 Å². The first kappa shape index (κ1) is 9.22. The van der Waals surface area contributed by atoms with Crippen LogP contribution in [0.1, 0.15) is 26.2 Å². The molecule has 2 N–H and O–H groups in total. The lowest BCUT2D eigenvalue weighted by Gasteiger charge is -2.22. The highest BCUT2D eigenvalue weighted by molar-refractivity contribution is 5.49. The number of nitrogens with one attached hydrogen (secondary N) is 2. The summed E-state index contributed by atoms with van der Waals surface area (Å²) in [5.74, 6) is 0. The fourth-order valence-electron chi connectivity index (χ4n) is 2.87. The lowest BCUT2D eigenvalue weighted by molar-refractivity contribution is 0.534. The predicted octanol–water partition coefficient (Wildman–Crippen LogP) is 1.87. The lowest BCUT2D eigenvalue weighted by Crippen LogP contribution is -2.38. The molecule has 2 heterocycles. The van der Waals surface area contributed by atoms with Crippen molar-refractivity contribution >= 4 is 0 Å². The van der Waals surface area contributed by atoms with Crippen molar-refractivity contribution in [2.45, 2.75) is 38.3 Å². The van der Waals surface area contributed by atoms with E-state index in [1.165, 1.54) is 25.0 Å². The van der Waals surface area contributed by atoms with Gasteiger partial charge in [-0.1, -0.05) is 18.2 Å². The van der Waals surface area contributed by atoms with Crippen molar-refractivity contribution in [2.75, 3.05) is 6.54 Å². The maximum absolute atomic E-state index is 3.69. The molecule has 0 fully saturated rings. The molecule has 0 bridgehead atoms. The van der Waals surface area contributed by atoms with Crippen molar-refractivity contribution in [3.63, 3.8) is 0 Å². The minimum atomic E-state index is 0.505. The zero-order valence-corrected chi connectivity index (χ0v) is 9.22. The maximum atomic E-state index is 3.69. The largest absolute Gasteiger partial charge is 0.380 e. The van der Waals surface area contributed by atoms with Crippen molar-refractivity contribution in [1.29, 1.82) is 0 Å². The van der Waals surface area contributed by atoms with Gasteiger partial charge in [-0.05, 0) is 43.9 Å². The number of hydrogen-bond acceptors (Lipinski definition) is 2. The third-order valence-electron chi connectivity index (χ3n) is 3.67. The summed E-state index contributed by atoms with van der Waals surface area (Å²) in [5, 5.41) is 7.21. The Morgan fingerprint density at radius 1 is 1.40 bits per heavy atom. The molecule has 15 heavy (non-hydrogen) atoms. The summed E-state index contributed by atoms with van der Waals surface area (Å²) in [7, 11) is 0. The highest BCUT2D eigenvalue weighted by Crippen LogP contribution is 2.34. The second-order valence-corrected chi connectivity index (χ2v) is 4.64. The average Bonchev–Trinajstić information content (AvgIpc) is 2.45. The Kier molecular flexibility index (Phi) is 2.17. The monoisotopic (exact) mass is 202 g/mol. The van der Waals surface area contributed by atoms with E-state index in [9.17, 15) is 0 Å². The van der Waals surface area contributed by atoms with Gasteiger partial charge in [-0.15, -0.1) is 0 Å². The van der Waals surface area contributed by atoms with Crippen LogP contribution in [0.15, 0.2) is 35.1 Å². The molecular weight excluding hydrogens is 184 g/mol. The molecule has 0 amide bonds. The Labute approximate surface area is 91.1 Å². The summed E-state index contributed by atoms with van der Waals surface area (Å²) in [6.07, 6.45) is 10.4. The van der Waals surface area contributed by atoms with Gasteiger partial charge in [0.25, 0.3) is 0 Å². The molecule has 2 nitrogen and oxygen atoms in total. The van der Waals surface area contributed by atoms with E-state index in [0.29, 0.717) is 12.1 Å². The van der Waals surface area contributed by atoms with Crippen LogP contribution in [-0.2, 0) is 0 Å². The third kappa shape index (κ3) is 1.44. The molecule has 0 aromatic carbocycles. The molecule has 0 aromatic heterocycles. The Morgan fingerprint density at radius 2 is 2.33 bits per heavy atom. The fourth-order valence-corrected chi connectivity index (χ4v) is 2.87. The van der Waals surface area contributed by atoms with Crippen molar-refractivity contribution in [3.05, 3.63) is 35.1 Å². The van der Waals surface area contributed by atoms with E-state index in [2.05, 4.69) is 35.8 Å². The fraction of sp³-hybridized carbons (Fsp3) is 0.538. The van der Waals surface area contributed by atoms with Crippen LogP contribution in [0.3, 0.4) is 0 Å². The van der Waals surface area contributed by atoms with Gasteiger partial charge in [-0.2, -0.15) is 0 Å². The van der Waals surface area contributed by atoms with Gasteiger partial charge < -0.3 is 10.6 Å². The van der Waals surface area contributed by atoms with Gasteiger partial charge in [0.2, 0.25) is 0 Å². The van der Waals surface area contributed by atoms with E-state index in [0.717, 1.165) is 6.54 Å². The summed E-state index contributed by atoms with van der Waals surface area (Å²) >= 11 is 0. The smallest absolute Gasteiger partial charge is 0.0517 e. The van der Waals surface area contributed by atoms with Crippen LogP contribution in [-0.4, -0.2) is 18.6 Å². The molecule has 3 rings (SSSR count). The van der Waals surface area contributed by atoms with E-state index >= 15 is 0 Å². The second kappa shape index (κ2) is 3.53. The minimum absolute atomic E-state index is 0.505. The SMILES string of the molecule is CC1NCCC2=C1NC1CCC=CC=C21. The van der Waals surface area contributed by atoms with Gasteiger partial charge in [0.05, 0.1) is 6.04 Å². The van der Waals surface area contributed by atoms with Gasteiger partial charge in [0.15, 0.2) is 0 Å². The Balaban J connectivity index is 1.99. The zero-order valence-electron chi connectivity index (χ0n) is 9.22. The van der Waals surface area contributed by atoms with Gasteiger partial charge in [0, 0.05) is 11.7 Å². The van der Waals surface area contributed by atoms with Crippen molar-refractivity contribution in [3.8, 4) is 0 Å². The molecule has 80 valence electrons. The molecule has 2 atom stereocenters. The molecule has 0 radical (unpaired) electrons. The first-order valence-corrected chi connectivity index (χ1v) is 5.96. The Bertz CT molecular complexity index is 363. The normalized spacial score (nSPS) is 34.1. The summed E-state index contributed by atoms with van der Waals surface area (Å²) in [4.78, 5) is 0. The van der Waals surface area contributed by atoms with E-state index in [4.69, 9.17) is 0 Å². The zero-order chi connectivity index (χ0) is 10.3. The molecule has 0 saturated heterocycles. The highest BCUT2D eigenvalue weighted by Gasteiger charge is 2.32.